The Morgan fingerprint density at radius 3 is 2.47 bits per heavy atom. The van der Waals surface area contributed by atoms with Gasteiger partial charge in [0.15, 0.2) is 0 Å². The first-order valence-corrected chi connectivity index (χ1v) is 6.59. The van der Waals surface area contributed by atoms with Crippen LogP contribution in [0.25, 0.3) is 0 Å². The Labute approximate surface area is 103 Å². The van der Waals surface area contributed by atoms with Crippen molar-refractivity contribution < 1.29 is 4.39 Å². The van der Waals surface area contributed by atoms with Crippen LogP contribution in [0.4, 0.5) is 4.39 Å². The van der Waals surface area contributed by atoms with Crippen LogP contribution in [-0.2, 0) is 5.41 Å². The molecule has 2 N–H and O–H groups in total. The van der Waals surface area contributed by atoms with Crippen molar-refractivity contribution in [3.63, 3.8) is 0 Å². The number of nitrogens with two attached hydrogens (primary N) is 1. The summed E-state index contributed by atoms with van der Waals surface area (Å²) >= 11 is 0. The van der Waals surface area contributed by atoms with Crippen molar-refractivity contribution >= 4 is 0 Å². The van der Waals surface area contributed by atoms with Crippen LogP contribution in [0.1, 0.15) is 56.6 Å². The molecule has 0 unspecified atom stereocenters. The minimum atomic E-state index is -0.135. The first kappa shape index (κ1) is 12.6. The molecule has 17 heavy (non-hydrogen) atoms. The zero-order valence-corrected chi connectivity index (χ0v) is 10.8. The molecule has 1 aliphatic rings. The number of hydrogen-bond acceptors (Lipinski definition) is 1. The van der Waals surface area contributed by atoms with Crippen LogP contribution >= 0.6 is 0 Å². The van der Waals surface area contributed by atoms with Gasteiger partial charge in [-0.1, -0.05) is 32.8 Å². The SMILES string of the molecule is CC(C)c1ccc(F)cc1C1(CN)CCCC1. The van der Waals surface area contributed by atoms with Gasteiger partial charge in [-0.3, -0.25) is 0 Å². The molecule has 0 amide bonds. The number of rotatable bonds is 3. The van der Waals surface area contributed by atoms with E-state index in [1.54, 1.807) is 12.1 Å². The van der Waals surface area contributed by atoms with Crippen molar-refractivity contribution in [1.29, 1.82) is 0 Å². The van der Waals surface area contributed by atoms with Crippen molar-refractivity contribution in [2.45, 2.75) is 50.9 Å². The lowest BCUT2D eigenvalue weighted by atomic mass is 9.75. The van der Waals surface area contributed by atoms with Crippen LogP contribution in [0.2, 0.25) is 0 Å². The monoisotopic (exact) mass is 235 g/mol. The summed E-state index contributed by atoms with van der Waals surface area (Å²) in [7, 11) is 0. The van der Waals surface area contributed by atoms with Gasteiger partial charge in [-0.15, -0.1) is 0 Å². The molecule has 0 radical (unpaired) electrons. The highest BCUT2D eigenvalue weighted by atomic mass is 19.1. The molecule has 0 aromatic heterocycles. The van der Waals surface area contributed by atoms with E-state index in [4.69, 9.17) is 5.73 Å². The second kappa shape index (κ2) is 4.77. The third-order valence-corrected chi connectivity index (χ3v) is 4.16. The van der Waals surface area contributed by atoms with Crippen molar-refractivity contribution in [2.75, 3.05) is 6.54 Å². The smallest absolute Gasteiger partial charge is 0.123 e. The van der Waals surface area contributed by atoms with E-state index in [2.05, 4.69) is 13.8 Å². The minimum absolute atomic E-state index is 0.0295. The minimum Gasteiger partial charge on any atom is -0.330 e. The maximum absolute atomic E-state index is 13.5. The standard InChI is InChI=1S/C15H22FN/c1-11(2)13-6-5-12(16)9-14(13)15(10-17)7-3-4-8-15/h5-6,9,11H,3-4,7-8,10,17H2,1-2H3. The summed E-state index contributed by atoms with van der Waals surface area (Å²) in [5.74, 6) is 0.291. The molecule has 1 fully saturated rings. The molecule has 0 bridgehead atoms. The Morgan fingerprint density at radius 2 is 1.94 bits per heavy atom. The van der Waals surface area contributed by atoms with Crippen molar-refractivity contribution in [3.05, 3.63) is 35.1 Å². The molecular weight excluding hydrogens is 213 g/mol. The largest absolute Gasteiger partial charge is 0.330 e. The average Bonchev–Trinajstić information content (AvgIpc) is 2.78. The highest BCUT2D eigenvalue weighted by molar-refractivity contribution is 5.38. The van der Waals surface area contributed by atoms with Gasteiger partial charge in [0, 0.05) is 12.0 Å². The van der Waals surface area contributed by atoms with Crippen LogP contribution in [0.5, 0.6) is 0 Å². The predicted octanol–water partition coefficient (Wildman–Crippen LogP) is 3.72. The summed E-state index contributed by atoms with van der Waals surface area (Å²) in [6.45, 7) is 4.96. The Kier molecular flexibility index (Phi) is 3.53. The third-order valence-electron chi connectivity index (χ3n) is 4.16. The van der Waals surface area contributed by atoms with Crippen LogP contribution in [-0.4, -0.2) is 6.54 Å². The molecule has 0 spiro atoms. The zero-order valence-electron chi connectivity index (χ0n) is 10.8. The predicted molar refractivity (Wildman–Crippen MR) is 69.7 cm³/mol. The van der Waals surface area contributed by atoms with Gasteiger partial charge in [-0.25, -0.2) is 4.39 Å². The van der Waals surface area contributed by atoms with Gasteiger partial charge < -0.3 is 5.73 Å². The first-order valence-electron chi connectivity index (χ1n) is 6.59. The van der Waals surface area contributed by atoms with Gasteiger partial charge in [0.05, 0.1) is 0 Å². The summed E-state index contributed by atoms with van der Waals surface area (Å²) in [6, 6.07) is 5.22. The van der Waals surface area contributed by atoms with Crippen LogP contribution in [0, 0.1) is 5.82 Å². The molecule has 1 aromatic carbocycles. The molecule has 0 atom stereocenters. The van der Waals surface area contributed by atoms with Gasteiger partial charge in [0.2, 0.25) is 0 Å². The van der Waals surface area contributed by atoms with Crippen molar-refractivity contribution in [2.24, 2.45) is 5.73 Å². The molecule has 1 nitrogen and oxygen atoms in total. The molecular formula is C15H22FN. The molecule has 0 saturated heterocycles. The Morgan fingerprint density at radius 1 is 1.29 bits per heavy atom. The van der Waals surface area contributed by atoms with Crippen molar-refractivity contribution in [1.82, 2.24) is 0 Å². The summed E-state index contributed by atoms with van der Waals surface area (Å²) in [6.07, 6.45) is 4.63. The fourth-order valence-corrected chi connectivity index (χ4v) is 3.13. The van der Waals surface area contributed by atoms with Gasteiger partial charge >= 0.3 is 0 Å². The summed E-state index contributed by atoms with van der Waals surface area (Å²) in [4.78, 5) is 0. The van der Waals surface area contributed by atoms with Crippen molar-refractivity contribution in [3.8, 4) is 0 Å². The molecule has 2 heteroatoms. The zero-order chi connectivity index (χ0) is 12.5. The van der Waals surface area contributed by atoms with Crippen LogP contribution in [0.3, 0.4) is 0 Å². The Bertz CT molecular complexity index is 392. The number of hydrogen-bond donors (Lipinski definition) is 1. The quantitative estimate of drug-likeness (QED) is 0.849. The number of benzene rings is 1. The Balaban J connectivity index is 2.51. The van der Waals surface area contributed by atoms with Gasteiger partial charge in [-0.2, -0.15) is 0 Å². The Hall–Kier alpha value is -0.890. The normalized spacial score (nSPS) is 18.9. The summed E-state index contributed by atoms with van der Waals surface area (Å²) < 4.78 is 13.5. The van der Waals surface area contributed by atoms with Crippen LogP contribution < -0.4 is 5.73 Å². The molecule has 0 aliphatic heterocycles. The molecule has 1 aromatic rings. The molecule has 1 saturated carbocycles. The summed E-state index contributed by atoms with van der Waals surface area (Å²) in [5, 5.41) is 0. The second-order valence-electron chi connectivity index (χ2n) is 5.58. The fourth-order valence-electron chi connectivity index (χ4n) is 3.13. The van der Waals surface area contributed by atoms with E-state index in [0.29, 0.717) is 12.5 Å². The molecule has 2 rings (SSSR count). The summed E-state index contributed by atoms with van der Waals surface area (Å²) in [5.41, 5.74) is 8.45. The van der Waals surface area contributed by atoms with E-state index < -0.39 is 0 Å². The van der Waals surface area contributed by atoms with Gasteiger partial charge in [0.25, 0.3) is 0 Å². The molecule has 94 valence electrons. The highest BCUT2D eigenvalue weighted by Gasteiger charge is 2.36. The molecule has 0 heterocycles. The highest BCUT2D eigenvalue weighted by Crippen LogP contribution is 2.43. The maximum Gasteiger partial charge on any atom is 0.123 e. The lowest BCUT2D eigenvalue weighted by Gasteiger charge is -2.31. The fraction of sp³-hybridized carbons (Fsp3) is 0.600. The van der Waals surface area contributed by atoms with E-state index in [0.717, 1.165) is 18.4 Å². The average molecular weight is 235 g/mol. The second-order valence-corrected chi connectivity index (χ2v) is 5.58. The number of halogens is 1. The van der Waals surface area contributed by atoms with E-state index in [-0.39, 0.29) is 11.2 Å². The van der Waals surface area contributed by atoms with E-state index >= 15 is 0 Å². The topological polar surface area (TPSA) is 26.0 Å². The van der Waals surface area contributed by atoms with Gasteiger partial charge in [0.1, 0.15) is 5.82 Å². The lowest BCUT2D eigenvalue weighted by Crippen LogP contribution is -2.33. The van der Waals surface area contributed by atoms with Crippen LogP contribution in [0.15, 0.2) is 18.2 Å². The van der Waals surface area contributed by atoms with E-state index in [9.17, 15) is 4.39 Å². The third kappa shape index (κ3) is 2.23. The molecule has 1 aliphatic carbocycles. The van der Waals surface area contributed by atoms with E-state index in [1.807, 2.05) is 6.07 Å². The van der Waals surface area contributed by atoms with Gasteiger partial charge in [-0.05, 0) is 42.0 Å². The lowest BCUT2D eigenvalue weighted by molar-refractivity contribution is 0.443. The maximum atomic E-state index is 13.5. The first-order chi connectivity index (χ1) is 8.09. The van der Waals surface area contributed by atoms with E-state index in [1.165, 1.54) is 18.4 Å².